The standard InChI is InChI=1S/C20H27N5O/c1-15(2)4-5-19(26)25-12-10-24(11-13-25)18-14-16(3)22-20(23-18)17-6-8-21-9-7-17/h6-9,14-15H,4-5,10-13H2,1-3H3. The quantitative estimate of drug-likeness (QED) is 0.827. The highest BCUT2D eigenvalue weighted by Gasteiger charge is 2.22. The molecule has 3 rings (SSSR count). The van der Waals surface area contributed by atoms with Gasteiger partial charge in [0, 0.05) is 62.3 Å². The molecule has 0 atom stereocenters. The van der Waals surface area contributed by atoms with Gasteiger partial charge in [0.25, 0.3) is 0 Å². The second-order valence-electron chi connectivity index (χ2n) is 7.23. The minimum atomic E-state index is 0.273. The molecule has 0 bridgehead atoms. The first kappa shape index (κ1) is 18.3. The van der Waals surface area contributed by atoms with Crippen LogP contribution in [0.4, 0.5) is 5.82 Å². The van der Waals surface area contributed by atoms with Crippen LogP contribution in [0, 0.1) is 12.8 Å². The van der Waals surface area contributed by atoms with Crippen LogP contribution in [0.3, 0.4) is 0 Å². The number of aromatic nitrogens is 3. The van der Waals surface area contributed by atoms with E-state index in [4.69, 9.17) is 4.98 Å². The molecular weight excluding hydrogens is 326 g/mol. The fraction of sp³-hybridized carbons (Fsp3) is 0.500. The Morgan fingerprint density at radius 1 is 1.12 bits per heavy atom. The van der Waals surface area contributed by atoms with Gasteiger partial charge in [0.15, 0.2) is 5.82 Å². The molecular formula is C20H27N5O. The van der Waals surface area contributed by atoms with Crippen molar-refractivity contribution in [3.05, 3.63) is 36.3 Å². The number of amides is 1. The fourth-order valence-corrected chi connectivity index (χ4v) is 3.10. The van der Waals surface area contributed by atoms with Gasteiger partial charge >= 0.3 is 0 Å². The zero-order valence-corrected chi connectivity index (χ0v) is 15.9. The third kappa shape index (κ3) is 4.56. The van der Waals surface area contributed by atoms with E-state index in [0.29, 0.717) is 12.3 Å². The Balaban J connectivity index is 1.66. The SMILES string of the molecule is Cc1cc(N2CCN(C(=O)CCC(C)C)CC2)nc(-c2ccncc2)n1. The van der Waals surface area contributed by atoms with E-state index in [1.54, 1.807) is 12.4 Å². The molecule has 2 aromatic rings. The van der Waals surface area contributed by atoms with Gasteiger partial charge < -0.3 is 9.80 Å². The summed E-state index contributed by atoms with van der Waals surface area (Å²) in [4.78, 5) is 29.9. The molecule has 26 heavy (non-hydrogen) atoms. The summed E-state index contributed by atoms with van der Waals surface area (Å²) < 4.78 is 0. The van der Waals surface area contributed by atoms with Gasteiger partial charge in [-0.05, 0) is 31.4 Å². The first-order chi connectivity index (χ1) is 12.5. The topological polar surface area (TPSA) is 62.2 Å². The van der Waals surface area contributed by atoms with E-state index in [9.17, 15) is 4.79 Å². The molecule has 0 radical (unpaired) electrons. The number of carbonyl (C=O) groups is 1. The fourth-order valence-electron chi connectivity index (χ4n) is 3.10. The summed E-state index contributed by atoms with van der Waals surface area (Å²) in [5.74, 6) is 2.49. The molecule has 1 saturated heterocycles. The average molecular weight is 353 g/mol. The highest BCUT2D eigenvalue weighted by atomic mass is 16.2. The molecule has 0 unspecified atom stereocenters. The van der Waals surface area contributed by atoms with Crippen LogP contribution in [-0.4, -0.2) is 51.9 Å². The smallest absolute Gasteiger partial charge is 0.222 e. The van der Waals surface area contributed by atoms with E-state index in [-0.39, 0.29) is 5.91 Å². The van der Waals surface area contributed by atoms with Crippen molar-refractivity contribution >= 4 is 11.7 Å². The molecule has 6 nitrogen and oxygen atoms in total. The van der Waals surface area contributed by atoms with Crippen molar-refractivity contribution in [1.82, 2.24) is 19.9 Å². The predicted molar refractivity (Wildman–Crippen MR) is 103 cm³/mol. The van der Waals surface area contributed by atoms with E-state index in [1.165, 1.54) is 0 Å². The summed E-state index contributed by atoms with van der Waals surface area (Å²) in [6, 6.07) is 5.86. The lowest BCUT2D eigenvalue weighted by molar-refractivity contribution is -0.131. The van der Waals surface area contributed by atoms with Crippen molar-refractivity contribution in [3.8, 4) is 11.4 Å². The zero-order chi connectivity index (χ0) is 18.5. The first-order valence-electron chi connectivity index (χ1n) is 9.31. The number of rotatable bonds is 5. The zero-order valence-electron chi connectivity index (χ0n) is 15.9. The number of pyridine rings is 1. The monoisotopic (exact) mass is 353 g/mol. The second-order valence-corrected chi connectivity index (χ2v) is 7.23. The Hall–Kier alpha value is -2.50. The Kier molecular flexibility index (Phi) is 5.81. The number of aryl methyl sites for hydroxylation is 1. The third-order valence-electron chi connectivity index (χ3n) is 4.67. The number of piperazine rings is 1. The summed E-state index contributed by atoms with van der Waals surface area (Å²) in [5.41, 5.74) is 1.91. The van der Waals surface area contributed by atoms with Crippen molar-refractivity contribution in [3.63, 3.8) is 0 Å². The molecule has 3 heterocycles. The van der Waals surface area contributed by atoms with Crippen LogP contribution >= 0.6 is 0 Å². The van der Waals surface area contributed by atoms with Crippen LogP contribution < -0.4 is 4.90 Å². The first-order valence-corrected chi connectivity index (χ1v) is 9.31. The molecule has 0 aliphatic carbocycles. The van der Waals surface area contributed by atoms with Crippen LogP contribution in [-0.2, 0) is 4.79 Å². The maximum absolute atomic E-state index is 12.3. The lowest BCUT2D eigenvalue weighted by Crippen LogP contribution is -2.49. The molecule has 0 N–H and O–H groups in total. The molecule has 6 heteroatoms. The predicted octanol–water partition coefficient (Wildman–Crippen LogP) is 2.93. The average Bonchev–Trinajstić information content (AvgIpc) is 2.66. The molecule has 138 valence electrons. The van der Waals surface area contributed by atoms with Gasteiger partial charge in [-0.1, -0.05) is 13.8 Å². The minimum Gasteiger partial charge on any atom is -0.353 e. The van der Waals surface area contributed by atoms with Crippen molar-refractivity contribution < 1.29 is 4.79 Å². The summed E-state index contributed by atoms with van der Waals surface area (Å²) in [6.45, 7) is 9.42. The lowest BCUT2D eigenvalue weighted by Gasteiger charge is -2.35. The van der Waals surface area contributed by atoms with Gasteiger partial charge in [-0.2, -0.15) is 0 Å². The summed E-state index contributed by atoms with van der Waals surface area (Å²) >= 11 is 0. The normalized spacial score (nSPS) is 14.8. The second kappa shape index (κ2) is 8.25. The van der Waals surface area contributed by atoms with Gasteiger partial charge in [-0.25, -0.2) is 9.97 Å². The third-order valence-corrected chi connectivity index (χ3v) is 4.67. The Labute approximate surface area is 155 Å². The van der Waals surface area contributed by atoms with E-state index < -0.39 is 0 Å². The Morgan fingerprint density at radius 3 is 2.46 bits per heavy atom. The molecule has 1 fully saturated rings. The van der Waals surface area contributed by atoms with Crippen molar-refractivity contribution in [2.24, 2.45) is 5.92 Å². The molecule has 0 aromatic carbocycles. The number of hydrogen-bond donors (Lipinski definition) is 0. The van der Waals surface area contributed by atoms with Gasteiger partial charge in [-0.15, -0.1) is 0 Å². The minimum absolute atomic E-state index is 0.273. The van der Waals surface area contributed by atoms with E-state index in [1.807, 2.05) is 30.0 Å². The van der Waals surface area contributed by atoms with Crippen LogP contribution in [0.1, 0.15) is 32.4 Å². The van der Waals surface area contributed by atoms with Gasteiger partial charge in [0.2, 0.25) is 5.91 Å². The van der Waals surface area contributed by atoms with Crippen molar-refractivity contribution in [2.45, 2.75) is 33.6 Å². The van der Waals surface area contributed by atoms with Crippen LogP contribution in [0.2, 0.25) is 0 Å². The van der Waals surface area contributed by atoms with Gasteiger partial charge in [0.1, 0.15) is 5.82 Å². The summed E-state index contributed by atoms with van der Waals surface area (Å²) in [6.07, 6.45) is 5.11. The molecule has 0 saturated carbocycles. The van der Waals surface area contributed by atoms with Crippen molar-refractivity contribution in [2.75, 3.05) is 31.1 Å². The summed E-state index contributed by atoms with van der Waals surface area (Å²) in [5, 5.41) is 0. The molecule has 0 spiro atoms. The molecule has 1 aliphatic heterocycles. The van der Waals surface area contributed by atoms with Gasteiger partial charge in [0.05, 0.1) is 0 Å². The molecule has 1 amide bonds. The number of hydrogen-bond acceptors (Lipinski definition) is 5. The van der Waals surface area contributed by atoms with Crippen LogP contribution in [0.25, 0.3) is 11.4 Å². The number of carbonyl (C=O) groups excluding carboxylic acids is 1. The number of anilines is 1. The maximum Gasteiger partial charge on any atom is 0.222 e. The summed E-state index contributed by atoms with van der Waals surface area (Å²) in [7, 11) is 0. The lowest BCUT2D eigenvalue weighted by atomic mass is 10.1. The van der Waals surface area contributed by atoms with Crippen LogP contribution in [0.15, 0.2) is 30.6 Å². The highest BCUT2D eigenvalue weighted by molar-refractivity contribution is 5.76. The van der Waals surface area contributed by atoms with E-state index >= 15 is 0 Å². The largest absolute Gasteiger partial charge is 0.353 e. The molecule has 2 aromatic heterocycles. The highest BCUT2D eigenvalue weighted by Crippen LogP contribution is 2.21. The van der Waals surface area contributed by atoms with Gasteiger partial charge in [-0.3, -0.25) is 9.78 Å². The maximum atomic E-state index is 12.3. The van der Waals surface area contributed by atoms with E-state index in [0.717, 1.165) is 55.5 Å². The van der Waals surface area contributed by atoms with E-state index in [2.05, 4.69) is 28.7 Å². The number of nitrogens with zero attached hydrogens (tertiary/aromatic N) is 5. The Bertz CT molecular complexity index is 739. The molecule has 1 aliphatic rings. The van der Waals surface area contributed by atoms with Crippen molar-refractivity contribution in [1.29, 1.82) is 0 Å². The Morgan fingerprint density at radius 2 is 1.81 bits per heavy atom. The van der Waals surface area contributed by atoms with Crippen LogP contribution in [0.5, 0.6) is 0 Å².